The van der Waals surface area contributed by atoms with Crippen molar-refractivity contribution in [3.63, 3.8) is 0 Å². The SMILES string of the molecule is O=C(NCc1noc(C2CCCO2)n1)Nc1ccnn1CC1CCCCC1. The fourth-order valence-electron chi connectivity index (χ4n) is 3.76. The molecule has 3 heterocycles. The van der Waals surface area contributed by atoms with Crippen LogP contribution in [0, 0.1) is 5.92 Å². The van der Waals surface area contributed by atoms with Gasteiger partial charge in [0.25, 0.3) is 5.89 Å². The van der Waals surface area contributed by atoms with E-state index in [2.05, 4.69) is 25.9 Å². The predicted molar refractivity (Wildman–Crippen MR) is 96.9 cm³/mol. The van der Waals surface area contributed by atoms with Gasteiger partial charge in [0.1, 0.15) is 11.9 Å². The maximum absolute atomic E-state index is 12.2. The van der Waals surface area contributed by atoms with E-state index in [9.17, 15) is 4.79 Å². The molecule has 2 N–H and O–H groups in total. The van der Waals surface area contributed by atoms with Gasteiger partial charge in [-0.15, -0.1) is 0 Å². The Hall–Kier alpha value is -2.42. The standard InChI is InChI=1S/C18H26N6O3/c25-18(19-11-15-21-17(27-23-15)14-7-4-10-26-14)22-16-8-9-20-24(16)12-13-5-2-1-3-6-13/h8-9,13-14H,1-7,10-12H2,(H2,19,22,25). The Bertz CT molecular complexity index is 746. The van der Waals surface area contributed by atoms with Gasteiger partial charge < -0.3 is 14.6 Å². The molecule has 2 aliphatic rings. The molecule has 9 heteroatoms. The monoisotopic (exact) mass is 374 g/mol. The van der Waals surface area contributed by atoms with Crippen LogP contribution in [-0.4, -0.2) is 32.6 Å². The molecular formula is C18H26N6O3. The first-order valence-electron chi connectivity index (χ1n) is 9.78. The van der Waals surface area contributed by atoms with E-state index in [-0.39, 0.29) is 18.7 Å². The van der Waals surface area contributed by atoms with Crippen LogP contribution in [-0.2, 0) is 17.8 Å². The van der Waals surface area contributed by atoms with E-state index >= 15 is 0 Å². The Balaban J connectivity index is 1.26. The van der Waals surface area contributed by atoms with Crippen LogP contribution in [0.15, 0.2) is 16.8 Å². The lowest BCUT2D eigenvalue weighted by atomic mass is 9.89. The number of carbonyl (C=O) groups excluding carboxylic acids is 1. The molecule has 0 aromatic carbocycles. The molecule has 9 nitrogen and oxygen atoms in total. The lowest BCUT2D eigenvalue weighted by Gasteiger charge is -2.22. The lowest BCUT2D eigenvalue weighted by molar-refractivity contribution is 0.0835. The topological polar surface area (TPSA) is 107 Å². The average molecular weight is 374 g/mol. The van der Waals surface area contributed by atoms with Crippen LogP contribution >= 0.6 is 0 Å². The Kier molecular flexibility index (Phi) is 5.66. The smallest absolute Gasteiger partial charge is 0.320 e. The zero-order valence-corrected chi connectivity index (χ0v) is 15.4. The lowest BCUT2D eigenvalue weighted by Crippen LogP contribution is -2.30. The molecule has 1 aliphatic heterocycles. The van der Waals surface area contributed by atoms with Crippen molar-refractivity contribution in [1.82, 2.24) is 25.2 Å². The summed E-state index contributed by atoms with van der Waals surface area (Å²) < 4.78 is 12.6. The summed E-state index contributed by atoms with van der Waals surface area (Å²) in [5, 5.41) is 13.9. The number of urea groups is 1. The summed E-state index contributed by atoms with van der Waals surface area (Å²) in [4.78, 5) is 16.5. The van der Waals surface area contributed by atoms with Crippen molar-refractivity contribution in [2.45, 2.75) is 64.1 Å². The Labute approximate surface area is 157 Å². The van der Waals surface area contributed by atoms with Crippen LogP contribution in [0.25, 0.3) is 0 Å². The fourth-order valence-corrected chi connectivity index (χ4v) is 3.76. The minimum atomic E-state index is -0.316. The Morgan fingerprint density at radius 1 is 1.22 bits per heavy atom. The van der Waals surface area contributed by atoms with Crippen molar-refractivity contribution in [3.05, 3.63) is 24.0 Å². The molecule has 2 amide bonds. The summed E-state index contributed by atoms with van der Waals surface area (Å²) in [5.74, 6) is 2.26. The minimum Gasteiger partial charge on any atom is -0.368 e. The van der Waals surface area contributed by atoms with Crippen LogP contribution in [0.3, 0.4) is 0 Å². The molecule has 2 aromatic rings. The molecule has 1 aliphatic carbocycles. The highest BCUT2D eigenvalue weighted by Crippen LogP contribution is 2.27. The third-order valence-corrected chi connectivity index (χ3v) is 5.21. The highest BCUT2D eigenvalue weighted by atomic mass is 16.5. The number of hydrogen-bond acceptors (Lipinski definition) is 6. The van der Waals surface area contributed by atoms with Crippen molar-refractivity contribution >= 4 is 11.8 Å². The highest BCUT2D eigenvalue weighted by molar-refractivity contribution is 5.88. The number of anilines is 1. The summed E-state index contributed by atoms with van der Waals surface area (Å²) in [5.41, 5.74) is 0. The highest BCUT2D eigenvalue weighted by Gasteiger charge is 2.24. The van der Waals surface area contributed by atoms with Gasteiger partial charge in [-0.05, 0) is 31.6 Å². The first-order valence-corrected chi connectivity index (χ1v) is 9.78. The maximum Gasteiger partial charge on any atom is 0.320 e. The first kappa shape index (κ1) is 18.0. The summed E-state index contributed by atoms with van der Waals surface area (Å²) in [6, 6.07) is 1.50. The summed E-state index contributed by atoms with van der Waals surface area (Å²) in [6.07, 6.45) is 9.85. The van der Waals surface area contributed by atoms with E-state index in [1.807, 2.05) is 10.7 Å². The van der Waals surface area contributed by atoms with Gasteiger partial charge in [-0.2, -0.15) is 10.1 Å². The van der Waals surface area contributed by atoms with Gasteiger partial charge in [-0.1, -0.05) is 24.4 Å². The summed E-state index contributed by atoms with van der Waals surface area (Å²) >= 11 is 0. The number of ether oxygens (including phenoxy) is 1. The number of carbonyl (C=O) groups is 1. The van der Waals surface area contributed by atoms with Gasteiger partial charge >= 0.3 is 6.03 Å². The van der Waals surface area contributed by atoms with E-state index < -0.39 is 0 Å². The van der Waals surface area contributed by atoms with Gasteiger partial charge in [0, 0.05) is 19.2 Å². The molecule has 1 saturated heterocycles. The predicted octanol–water partition coefficient (Wildman–Crippen LogP) is 3.02. The summed E-state index contributed by atoms with van der Waals surface area (Å²) in [7, 11) is 0. The molecule has 1 atom stereocenters. The third-order valence-electron chi connectivity index (χ3n) is 5.21. The van der Waals surface area contributed by atoms with Crippen molar-refractivity contribution in [2.75, 3.05) is 11.9 Å². The van der Waals surface area contributed by atoms with E-state index in [4.69, 9.17) is 9.26 Å². The molecule has 1 unspecified atom stereocenters. The average Bonchev–Trinajstić information content (AvgIpc) is 3.43. The zero-order valence-electron chi connectivity index (χ0n) is 15.4. The second-order valence-electron chi connectivity index (χ2n) is 7.26. The third kappa shape index (κ3) is 4.65. The minimum absolute atomic E-state index is 0.116. The second kappa shape index (κ2) is 8.51. The Morgan fingerprint density at radius 2 is 2.11 bits per heavy atom. The van der Waals surface area contributed by atoms with E-state index in [0.717, 1.165) is 26.0 Å². The molecule has 0 spiro atoms. The first-order chi connectivity index (χ1) is 13.3. The van der Waals surface area contributed by atoms with Crippen LogP contribution in [0.4, 0.5) is 10.6 Å². The van der Waals surface area contributed by atoms with Gasteiger partial charge in [0.15, 0.2) is 5.82 Å². The van der Waals surface area contributed by atoms with Crippen LogP contribution < -0.4 is 10.6 Å². The molecule has 4 rings (SSSR count). The van der Waals surface area contributed by atoms with Gasteiger partial charge in [-0.3, -0.25) is 5.32 Å². The second-order valence-corrected chi connectivity index (χ2v) is 7.26. The fraction of sp³-hybridized carbons (Fsp3) is 0.667. The molecule has 1 saturated carbocycles. The van der Waals surface area contributed by atoms with Crippen molar-refractivity contribution < 1.29 is 14.1 Å². The number of rotatable bonds is 6. The molecule has 2 fully saturated rings. The number of hydrogen-bond donors (Lipinski definition) is 2. The van der Waals surface area contributed by atoms with Crippen LogP contribution in [0.2, 0.25) is 0 Å². The van der Waals surface area contributed by atoms with Crippen LogP contribution in [0.1, 0.15) is 62.8 Å². The van der Waals surface area contributed by atoms with Crippen LogP contribution in [0.5, 0.6) is 0 Å². The van der Waals surface area contributed by atoms with E-state index in [0.29, 0.717) is 23.5 Å². The molecular weight excluding hydrogens is 348 g/mol. The van der Waals surface area contributed by atoms with E-state index in [1.165, 1.54) is 32.1 Å². The Morgan fingerprint density at radius 3 is 2.93 bits per heavy atom. The molecule has 146 valence electrons. The molecule has 0 radical (unpaired) electrons. The quantitative estimate of drug-likeness (QED) is 0.805. The molecule has 2 aromatic heterocycles. The van der Waals surface area contributed by atoms with Gasteiger partial charge in [0.05, 0.1) is 12.7 Å². The van der Waals surface area contributed by atoms with Gasteiger partial charge in [0.2, 0.25) is 0 Å². The molecule has 0 bridgehead atoms. The number of nitrogens with one attached hydrogen (secondary N) is 2. The number of amides is 2. The van der Waals surface area contributed by atoms with Crippen molar-refractivity contribution in [2.24, 2.45) is 5.92 Å². The number of nitrogens with zero attached hydrogens (tertiary/aromatic N) is 4. The van der Waals surface area contributed by atoms with Crippen molar-refractivity contribution in [1.29, 1.82) is 0 Å². The normalized spacial score (nSPS) is 20.7. The summed E-state index contributed by atoms with van der Waals surface area (Å²) in [6.45, 7) is 1.76. The largest absolute Gasteiger partial charge is 0.368 e. The van der Waals surface area contributed by atoms with E-state index in [1.54, 1.807) is 6.20 Å². The van der Waals surface area contributed by atoms with Gasteiger partial charge in [-0.25, -0.2) is 9.48 Å². The zero-order chi connectivity index (χ0) is 18.5. The molecule has 27 heavy (non-hydrogen) atoms. The number of aromatic nitrogens is 4. The van der Waals surface area contributed by atoms with Crippen molar-refractivity contribution in [3.8, 4) is 0 Å². The maximum atomic E-state index is 12.2.